The molecule has 0 fully saturated rings. The van der Waals surface area contributed by atoms with Crippen LogP contribution in [0.25, 0.3) is 0 Å². The van der Waals surface area contributed by atoms with Crippen molar-refractivity contribution >= 4 is 5.91 Å². The molecule has 0 aliphatic rings. The molecule has 0 saturated heterocycles. The molecule has 0 spiro atoms. The van der Waals surface area contributed by atoms with Crippen LogP contribution in [0.3, 0.4) is 0 Å². The second-order valence-corrected chi connectivity index (χ2v) is 6.14. The molecule has 130 valence electrons. The monoisotopic (exact) mass is 332 g/mol. The van der Waals surface area contributed by atoms with Gasteiger partial charge in [0, 0.05) is 12.0 Å². The number of furan rings is 1. The molecule has 1 aromatic heterocycles. The Balaban J connectivity index is 2.08. The van der Waals surface area contributed by atoms with Crippen LogP contribution in [-0.2, 0) is 12.0 Å². The van der Waals surface area contributed by atoms with Crippen LogP contribution in [0.15, 0.2) is 34.9 Å². The summed E-state index contributed by atoms with van der Waals surface area (Å²) in [6.45, 7) is 4.83. The molecule has 0 bridgehead atoms. The Hall–Kier alpha value is -2.47. The maximum atomic E-state index is 12.2. The average molecular weight is 332 g/mol. The number of rotatable bonds is 7. The van der Waals surface area contributed by atoms with E-state index in [-0.39, 0.29) is 17.9 Å². The number of hydrogen-bond donors (Lipinski definition) is 2. The van der Waals surface area contributed by atoms with Gasteiger partial charge in [-0.1, -0.05) is 19.9 Å². The minimum atomic E-state index is -0.282. The Kier molecular flexibility index (Phi) is 5.51. The van der Waals surface area contributed by atoms with Crippen molar-refractivity contribution in [2.45, 2.75) is 25.8 Å². The number of nitrogens with two attached hydrogens (primary N) is 1. The van der Waals surface area contributed by atoms with Crippen LogP contribution in [0.4, 0.5) is 0 Å². The lowest BCUT2D eigenvalue weighted by atomic mass is 9.84. The lowest BCUT2D eigenvalue weighted by molar-refractivity contribution is 0.0945. The molecule has 1 heterocycles. The van der Waals surface area contributed by atoms with Gasteiger partial charge in [0.15, 0.2) is 11.5 Å². The molecule has 0 aliphatic carbocycles. The minimum Gasteiger partial charge on any atom is -0.493 e. The van der Waals surface area contributed by atoms with Crippen LogP contribution in [-0.4, -0.2) is 26.7 Å². The lowest BCUT2D eigenvalue weighted by Gasteiger charge is -2.26. The quantitative estimate of drug-likeness (QED) is 0.813. The van der Waals surface area contributed by atoms with E-state index in [1.54, 1.807) is 20.3 Å². The van der Waals surface area contributed by atoms with Crippen molar-refractivity contribution in [3.63, 3.8) is 0 Å². The normalized spacial score (nSPS) is 11.2. The Morgan fingerprint density at radius 3 is 2.50 bits per heavy atom. The summed E-state index contributed by atoms with van der Waals surface area (Å²) >= 11 is 0. The maximum absolute atomic E-state index is 12.2. The van der Waals surface area contributed by atoms with E-state index < -0.39 is 0 Å². The highest BCUT2D eigenvalue weighted by atomic mass is 16.5. The number of amides is 1. The lowest BCUT2D eigenvalue weighted by Crippen LogP contribution is -2.36. The van der Waals surface area contributed by atoms with Gasteiger partial charge in [0.05, 0.1) is 26.3 Å². The molecule has 6 nitrogen and oxygen atoms in total. The molecule has 1 aromatic carbocycles. The molecule has 1 amide bonds. The number of benzene rings is 1. The molecule has 0 aliphatic heterocycles. The fourth-order valence-corrected chi connectivity index (χ4v) is 2.37. The van der Waals surface area contributed by atoms with E-state index in [0.717, 1.165) is 5.56 Å². The molecule has 0 saturated carbocycles. The van der Waals surface area contributed by atoms with Gasteiger partial charge in [-0.15, -0.1) is 0 Å². The number of hydrogen-bond acceptors (Lipinski definition) is 5. The first kappa shape index (κ1) is 17.9. The van der Waals surface area contributed by atoms with Gasteiger partial charge < -0.3 is 24.9 Å². The first-order chi connectivity index (χ1) is 11.4. The third-order valence-corrected chi connectivity index (χ3v) is 3.97. The zero-order valence-electron chi connectivity index (χ0n) is 14.5. The van der Waals surface area contributed by atoms with E-state index in [2.05, 4.69) is 19.2 Å². The van der Waals surface area contributed by atoms with E-state index in [1.807, 2.05) is 18.2 Å². The summed E-state index contributed by atoms with van der Waals surface area (Å²) in [6, 6.07) is 7.41. The molecule has 3 N–H and O–H groups in total. The van der Waals surface area contributed by atoms with Crippen molar-refractivity contribution in [3.05, 3.63) is 47.4 Å². The number of methoxy groups -OCH3 is 2. The Morgan fingerprint density at radius 1 is 1.21 bits per heavy atom. The third kappa shape index (κ3) is 3.89. The first-order valence-corrected chi connectivity index (χ1v) is 7.69. The van der Waals surface area contributed by atoms with Gasteiger partial charge >= 0.3 is 0 Å². The van der Waals surface area contributed by atoms with Gasteiger partial charge in [-0.2, -0.15) is 0 Å². The summed E-state index contributed by atoms with van der Waals surface area (Å²) in [5, 5.41) is 2.93. The van der Waals surface area contributed by atoms with Crippen molar-refractivity contribution in [3.8, 4) is 11.5 Å². The molecule has 24 heavy (non-hydrogen) atoms. The van der Waals surface area contributed by atoms with Gasteiger partial charge in [0.25, 0.3) is 5.91 Å². The molecular weight excluding hydrogens is 308 g/mol. The topological polar surface area (TPSA) is 86.7 Å². The van der Waals surface area contributed by atoms with Crippen LogP contribution in [0.1, 0.15) is 35.5 Å². The number of ether oxygens (including phenoxy) is 2. The summed E-state index contributed by atoms with van der Waals surface area (Å²) in [4.78, 5) is 12.2. The van der Waals surface area contributed by atoms with E-state index in [0.29, 0.717) is 29.4 Å². The van der Waals surface area contributed by atoms with Crippen LogP contribution in [0, 0.1) is 0 Å². The summed E-state index contributed by atoms with van der Waals surface area (Å²) in [7, 11) is 3.20. The van der Waals surface area contributed by atoms with E-state index in [9.17, 15) is 4.79 Å². The van der Waals surface area contributed by atoms with Gasteiger partial charge in [-0.3, -0.25) is 4.79 Å². The number of carbonyl (C=O) groups is 1. The van der Waals surface area contributed by atoms with E-state index in [4.69, 9.17) is 19.6 Å². The molecular formula is C18H24N2O4. The highest BCUT2D eigenvalue weighted by Crippen LogP contribution is 2.32. The van der Waals surface area contributed by atoms with Crippen molar-refractivity contribution < 1.29 is 18.7 Å². The summed E-state index contributed by atoms with van der Waals surface area (Å²) < 4.78 is 15.8. The van der Waals surface area contributed by atoms with Gasteiger partial charge in [-0.05, 0) is 23.8 Å². The van der Waals surface area contributed by atoms with Crippen LogP contribution in [0.2, 0.25) is 0 Å². The maximum Gasteiger partial charge on any atom is 0.254 e. The second kappa shape index (κ2) is 7.40. The molecule has 6 heteroatoms. The van der Waals surface area contributed by atoms with Crippen LogP contribution < -0.4 is 20.5 Å². The van der Waals surface area contributed by atoms with E-state index in [1.165, 1.54) is 6.26 Å². The third-order valence-electron chi connectivity index (χ3n) is 3.97. The Labute approximate surface area is 141 Å². The Bertz CT molecular complexity index is 707. The number of carbonyl (C=O) groups excluding carboxylic acids is 1. The molecule has 0 unspecified atom stereocenters. The largest absolute Gasteiger partial charge is 0.493 e. The Morgan fingerprint density at radius 2 is 1.92 bits per heavy atom. The second-order valence-electron chi connectivity index (χ2n) is 6.14. The fourth-order valence-electron chi connectivity index (χ4n) is 2.37. The minimum absolute atomic E-state index is 0.188. The van der Waals surface area contributed by atoms with Crippen molar-refractivity contribution in [1.82, 2.24) is 5.32 Å². The molecule has 2 rings (SSSR count). The molecule has 0 radical (unpaired) electrons. The standard InChI is InChI=1S/C18H24N2O4/c1-18(2,13-5-6-15(22-3)16(8-13)23-4)11-20-17(21)12-7-14(9-19)24-10-12/h5-8,10H,9,11,19H2,1-4H3,(H,20,21). The zero-order chi connectivity index (χ0) is 17.7. The van der Waals surface area contributed by atoms with E-state index >= 15 is 0 Å². The van der Waals surface area contributed by atoms with Crippen molar-refractivity contribution in [1.29, 1.82) is 0 Å². The predicted octanol–water partition coefficient (Wildman–Crippen LogP) is 2.46. The highest BCUT2D eigenvalue weighted by molar-refractivity contribution is 5.94. The highest BCUT2D eigenvalue weighted by Gasteiger charge is 2.23. The average Bonchev–Trinajstić information content (AvgIpc) is 3.08. The number of nitrogens with one attached hydrogen (secondary N) is 1. The summed E-state index contributed by atoms with van der Waals surface area (Å²) in [5.74, 6) is 1.73. The smallest absolute Gasteiger partial charge is 0.254 e. The first-order valence-electron chi connectivity index (χ1n) is 7.69. The summed E-state index contributed by atoms with van der Waals surface area (Å²) in [5.41, 5.74) is 6.71. The molecule has 2 aromatic rings. The van der Waals surface area contributed by atoms with Crippen LogP contribution >= 0.6 is 0 Å². The van der Waals surface area contributed by atoms with Gasteiger partial charge in [0.1, 0.15) is 12.0 Å². The van der Waals surface area contributed by atoms with Crippen molar-refractivity contribution in [2.24, 2.45) is 5.73 Å². The van der Waals surface area contributed by atoms with Crippen LogP contribution in [0.5, 0.6) is 11.5 Å². The van der Waals surface area contributed by atoms with Crippen molar-refractivity contribution in [2.75, 3.05) is 20.8 Å². The van der Waals surface area contributed by atoms with Gasteiger partial charge in [-0.25, -0.2) is 0 Å². The molecule has 0 atom stereocenters. The van der Waals surface area contributed by atoms with Gasteiger partial charge in [0.2, 0.25) is 0 Å². The zero-order valence-corrected chi connectivity index (χ0v) is 14.5. The summed E-state index contributed by atoms with van der Waals surface area (Å²) in [6.07, 6.45) is 1.42. The SMILES string of the molecule is COc1ccc(C(C)(C)CNC(=O)c2coc(CN)c2)cc1OC. The predicted molar refractivity (Wildman–Crippen MR) is 91.5 cm³/mol. The fraction of sp³-hybridized carbons (Fsp3) is 0.389.